The summed E-state index contributed by atoms with van der Waals surface area (Å²) in [5.41, 5.74) is 10.6. The zero-order valence-corrected chi connectivity index (χ0v) is 20.3. The number of imide groups is 1. The van der Waals surface area contributed by atoms with E-state index in [4.69, 9.17) is 11.5 Å². The highest BCUT2D eigenvalue weighted by Crippen LogP contribution is 2.09. The maximum atomic E-state index is 12.8. The molecule has 12 heteroatoms. The van der Waals surface area contributed by atoms with Crippen molar-refractivity contribution in [3.8, 4) is 0 Å². The first-order valence-electron chi connectivity index (χ1n) is 12.0. The number of Topliss-reactive ketones (excluding diaryl/α,β-unsaturated/α-hetero) is 1. The minimum absolute atomic E-state index is 0.190. The topological polar surface area (TPSA) is 194 Å². The van der Waals surface area contributed by atoms with Crippen LogP contribution in [0.3, 0.4) is 0 Å². The van der Waals surface area contributed by atoms with Gasteiger partial charge in [0, 0.05) is 31.7 Å². The third-order valence-corrected chi connectivity index (χ3v) is 5.56. The lowest BCUT2D eigenvalue weighted by Gasteiger charge is -2.22. The van der Waals surface area contributed by atoms with Crippen LogP contribution in [0.15, 0.2) is 12.2 Å². The molecule has 7 N–H and O–H groups in total. The summed E-state index contributed by atoms with van der Waals surface area (Å²) in [6, 6.07) is -2.20. The summed E-state index contributed by atoms with van der Waals surface area (Å²) in [6.45, 7) is 2.41. The monoisotopic (exact) mass is 494 g/mol. The van der Waals surface area contributed by atoms with E-state index in [1.54, 1.807) is 0 Å². The molecule has 0 unspecified atom stereocenters. The van der Waals surface area contributed by atoms with Crippen LogP contribution < -0.4 is 27.4 Å². The Balaban J connectivity index is 2.50. The molecule has 0 aliphatic carbocycles. The largest absolute Gasteiger partial charge is 0.352 e. The first-order chi connectivity index (χ1) is 16.6. The van der Waals surface area contributed by atoms with Gasteiger partial charge in [0.2, 0.25) is 11.8 Å². The van der Waals surface area contributed by atoms with E-state index in [0.29, 0.717) is 64.5 Å². The molecule has 1 aliphatic rings. The number of amides is 6. The van der Waals surface area contributed by atoms with Crippen molar-refractivity contribution in [1.29, 1.82) is 0 Å². The number of carbonyl (C=O) groups excluding carboxylic acids is 6. The molecule has 0 fully saturated rings. The highest BCUT2D eigenvalue weighted by Gasteiger charge is 2.25. The van der Waals surface area contributed by atoms with Crippen molar-refractivity contribution in [3.63, 3.8) is 0 Å². The molecule has 1 rings (SSSR count). The summed E-state index contributed by atoms with van der Waals surface area (Å²) in [5, 5.41) is 7.87. The predicted octanol–water partition coefficient (Wildman–Crippen LogP) is -0.392. The van der Waals surface area contributed by atoms with E-state index in [1.807, 2.05) is 0 Å². The minimum atomic E-state index is -0.800. The number of hydrogen-bond donors (Lipinski definition) is 5. The van der Waals surface area contributed by atoms with Gasteiger partial charge in [0.1, 0.15) is 6.04 Å². The van der Waals surface area contributed by atoms with Crippen LogP contribution >= 0.6 is 0 Å². The highest BCUT2D eigenvalue weighted by atomic mass is 16.2. The van der Waals surface area contributed by atoms with Gasteiger partial charge in [-0.2, -0.15) is 0 Å². The van der Waals surface area contributed by atoms with E-state index in [-0.39, 0.29) is 36.5 Å². The number of urea groups is 1. The lowest BCUT2D eigenvalue weighted by Crippen LogP contribution is -2.51. The van der Waals surface area contributed by atoms with Gasteiger partial charge in [-0.25, -0.2) is 4.79 Å². The zero-order chi connectivity index (χ0) is 26.2. The normalized spacial score (nSPS) is 14.5. The summed E-state index contributed by atoms with van der Waals surface area (Å²) in [5.74, 6) is -1.62. The van der Waals surface area contributed by atoms with E-state index in [1.165, 1.54) is 19.1 Å². The number of nitrogens with two attached hydrogens (primary N) is 2. The molecule has 2 atom stereocenters. The van der Waals surface area contributed by atoms with Crippen LogP contribution in [-0.4, -0.2) is 72.1 Å². The van der Waals surface area contributed by atoms with Gasteiger partial charge in [-0.15, -0.1) is 0 Å². The third-order valence-electron chi connectivity index (χ3n) is 5.56. The Bertz CT molecular complexity index is 781. The first kappa shape index (κ1) is 29.8. The second kappa shape index (κ2) is 16.4. The minimum Gasteiger partial charge on any atom is -0.352 e. The number of hydrogen-bond acceptors (Lipinski definition) is 7. The van der Waals surface area contributed by atoms with Crippen LogP contribution in [0.5, 0.6) is 0 Å². The molecular weight excluding hydrogens is 456 g/mol. The first-order valence-corrected chi connectivity index (χ1v) is 12.0. The van der Waals surface area contributed by atoms with Crippen LogP contribution in [0, 0.1) is 0 Å². The Kier molecular flexibility index (Phi) is 13.9. The fourth-order valence-corrected chi connectivity index (χ4v) is 3.58. The molecule has 196 valence electrons. The predicted molar refractivity (Wildman–Crippen MR) is 129 cm³/mol. The van der Waals surface area contributed by atoms with Crippen LogP contribution in [0.4, 0.5) is 4.79 Å². The van der Waals surface area contributed by atoms with E-state index < -0.39 is 24.0 Å². The van der Waals surface area contributed by atoms with Gasteiger partial charge >= 0.3 is 6.03 Å². The van der Waals surface area contributed by atoms with Gasteiger partial charge < -0.3 is 27.4 Å². The fraction of sp³-hybridized carbons (Fsp3) is 0.652. The lowest BCUT2D eigenvalue weighted by molar-refractivity contribution is -0.137. The summed E-state index contributed by atoms with van der Waals surface area (Å²) in [4.78, 5) is 72.2. The number of carbonyl (C=O) groups is 6. The average Bonchev–Trinajstić information content (AvgIpc) is 3.11. The molecule has 0 radical (unpaired) electrons. The van der Waals surface area contributed by atoms with Crippen molar-refractivity contribution >= 4 is 35.4 Å². The molecule has 0 saturated carbocycles. The Morgan fingerprint density at radius 2 is 1.54 bits per heavy atom. The van der Waals surface area contributed by atoms with Crippen molar-refractivity contribution in [3.05, 3.63) is 12.2 Å². The smallest absolute Gasteiger partial charge is 0.312 e. The van der Waals surface area contributed by atoms with Gasteiger partial charge in [0.25, 0.3) is 11.8 Å². The lowest BCUT2D eigenvalue weighted by atomic mass is 10.0. The summed E-state index contributed by atoms with van der Waals surface area (Å²) < 4.78 is 0. The SMILES string of the molecule is CC(=O)[C@H](CCCNC(N)=O)NC(=O)[C@H](CCCCN)NC(=O)CCCCCN1C(=O)C=CC1=O. The molecule has 0 aromatic heterocycles. The molecule has 35 heavy (non-hydrogen) atoms. The average molecular weight is 495 g/mol. The molecular formula is C23H38N6O6. The Labute approximate surface area is 205 Å². The molecule has 1 aliphatic heterocycles. The summed E-state index contributed by atoms with van der Waals surface area (Å²) in [7, 11) is 0. The molecule has 0 bridgehead atoms. The van der Waals surface area contributed by atoms with Crippen molar-refractivity contribution in [2.75, 3.05) is 19.6 Å². The summed E-state index contributed by atoms with van der Waals surface area (Å²) in [6.07, 6.45) is 6.90. The molecule has 1 heterocycles. The van der Waals surface area contributed by atoms with Crippen LogP contribution in [0.2, 0.25) is 0 Å². The van der Waals surface area contributed by atoms with Gasteiger partial charge in [-0.3, -0.25) is 28.9 Å². The molecule has 0 aromatic rings. The maximum absolute atomic E-state index is 12.8. The number of rotatable bonds is 18. The Hall–Kier alpha value is -3.28. The third kappa shape index (κ3) is 12.1. The number of nitrogens with one attached hydrogen (secondary N) is 3. The molecule has 6 amide bonds. The Morgan fingerprint density at radius 1 is 0.886 bits per heavy atom. The van der Waals surface area contributed by atoms with Crippen molar-refractivity contribution in [2.45, 2.75) is 76.8 Å². The number of unbranched alkanes of at least 4 members (excludes halogenated alkanes) is 3. The zero-order valence-electron chi connectivity index (χ0n) is 20.3. The van der Waals surface area contributed by atoms with Gasteiger partial charge in [-0.05, 0) is 58.4 Å². The van der Waals surface area contributed by atoms with Crippen molar-refractivity contribution in [2.24, 2.45) is 11.5 Å². The fourth-order valence-electron chi connectivity index (χ4n) is 3.58. The van der Waals surface area contributed by atoms with Crippen molar-refractivity contribution < 1.29 is 28.8 Å². The van der Waals surface area contributed by atoms with Crippen molar-refractivity contribution in [1.82, 2.24) is 20.9 Å². The summed E-state index contributed by atoms with van der Waals surface area (Å²) >= 11 is 0. The molecule has 0 saturated heterocycles. The standard InChI is InChI=1S/C23H38N6O6/c1-16(30)17(9-7-14-26-23(25)35)28-22(34)18(8-4-5-13-24)27-19(31)10-3-2-6-15-29-20(32)11-12-21(29)33/h11-12,17-18H,2-10,13-15,24H2,1H3,(H,27,31)(H,28,34)(H3,25,26,35)/t17-,18-/m0/s1. The van der Waals surface area contributed by atoms with Crippen LogP contribution in [-0.2, 0) is 24.0 Å². The Morgan fingerprint density at radius 3 is 2.14 bits per heavy atom. The number of ketones is 1. The van der Waals surface area contributed by atoms with E-state index in [0.717, 1.165) is 4.90 Å². The van der Waals surface area contributed by atoms with Crippen LogP contribution in [0.1, 0.15) is 64.7 Å². The van der Waals surface area contributed by atoms with Gasteiger partial charge in [-0.1, -0.05) is 6.42 Å². The van der Waals surface area contributed by atoms with E-state index >= 15 is 0 Å². The molecule has 0 aromatic carbocycles. The highest BCUT2D eigenvalue weighted by molar-refractivity contribution is 6.12. The maximum Gasteiger partial charge on any atom is 0.312 e. The number of primary amides is 1. The van der Waals surface area contributed by atoms with Gasteiger partial charge in [0.15, 0.2) is 5.78 Å². The number of nitrogens with zero attached hydrogens (tertiary/aromatic N) is 1. The van der Waals surface area contributed by atoms with Crippen LogP contribution in [0.25, 0.3) is 0 Å². The molecule has 0 spiro atoms. The van der Waals surface area contributed by atoms with E-state index in [2.05, 4.69) is 16.0 Å². The second-order valence-electron chi connectivity index (χ2n) is 8.48. The van der Waals surface area contributed by atoms with E-state index in [9.17, 15) is 28.8 Å². The molecule has 12 nitrogen and oxygen atoms in total. The van der Waals surface area contributed by atoms with Gasteiger partial charge in [0.05, 0.1) is 6.04 Å². The second-order valence-corrected chi connectivity index (χ2v) is 8.48. The quantitative estimate of drug-likeness (QED) is 0.126.